The zero-order chi connectivity index (χ0) is 20.8. The maximum Gasteiger partial charge on any atom is 0.271 e. The Bertz CT molecular complexity index is 1160. The lowest BCUT2D eigenvalue weighted by Crippen LogP contribution is -2.21. The van der Waals surface area contributed by atoms with Crippen LogP contribution in [0.15, 0.2) is 50.7 Å². The molecule has 0 amide bonds. The predicted molar refractivity (Wildman–Crippen MR) is 112 cm³/mol. The van der Waals surface area contributed by atoms with E-state index in [-0.39, 0.29) is 5.37 Å². The molecule has 4 nitrogen and oxygen atoms in total. The fourth-order valence-corrected chi connectivity index (χ4v) is 5.99. The molecular weight excluding hydrogens is 470 g/mol. The van der Waals surface area contributed by atoms with Crippen LogP contribution in [-0.4, -0.2) is 36.8 Å². The third-order valence-electron chi connectivity index (χ3n) is 4.48. The Balaban J connectivity index is 2.31. The van der Waals surface area contributed by atoms with Crippen molar-refractivity contribution in [2.45, 2.75) is 29.0 Å². The molecule has 2 aromatic carbocycles. The second kappa shape index (κ2) is 7.78. The van der Waals surface area contributed by atoms with Gasteiger partial charge in [0.05, 0.1) is 10.9 Å². The lowest BCUT2D eigenvalue weighted by molar-refractivity contribution is 0.402. The van der Waals surface area contributed by atoms with E-state index in [1.807, 2.05) is 32.0 Å². The van der Waals surface area contributed by atoms with Crippen molar-refractivity contribution in [1.82, 2.24) is 8.87 Å². The van der Waals surface area contributed by atoms with E-state index < -0.39 is 26.6 Å². The molecule has 1 heterocycles. The summed E-state index contributed by atoms with van der Waals surface area (Å²) in [6, 6.07) is 7.74. The first-order chi connectivity index (χ1) is 13.0. The summed E-state index contributed by atoms with van der Waals surface area (Å²) >= 11 is 4.95. The Morgan fingerprint density at radius 2 is 1.82 bits per heavy atom. The van der Waals surface area contributed by atoms with E-state index in [4.69, 9.17) is 0 Å². The van der Waals surface area contributed by atoms with Gasteiger partial charge in [-0.25, -0.2) is 21.2 Å². The first-order valence-corrected chi connectivity index (χ1v) is 11.5. The summed E-state index contributed by atoms with van der Waals surface area (Å²) < 4.78 is 56.1. The maximum absolute atomic E-state index is 14.3. The standard InChI is InChI=1S/C19H19BrF2N2O2S2/c1-11-19(27-12(2)23(3)4)15-9-13(20)5-7-17(15)24(11)28(25,26)18-8-6-14(21)10-16(18)22/h5-10,12H,1-4H3. The zero-order valence-electron chi connectivity index (χ0n) is 15.7. The van der Waals surface area contributed by atoms with E-state index in [1.54, 1.807) is 19.1 Å². The number of fused-ring (bicyclic) bond motifs is 1. The molecule has 9 heteroatoms. The number of nitrogens with zero attached hydrogens (tertiary/aromatic N) is 2. The number of benzene rings is 2. The number of rotatable bonds is 5. The first-order valence-electron chi connectivity index (χ1n) is 8.38. The summed E-state index contributed by atoms with van der Waals surface area (Å²) in [4.78, 5) is 2.25. The van der Waals surface area contributed by atoms with Crippen LogP contribution in [-0.2, 0) is 10.0 Å². The Morgan fingerprint density at radius 1 is 1.14 bits per heavy atom. The van der Waals surface area contributed by atoms with E-state index >= 15 is 0 Å². The average molecular weight is 489 g/mol. The summed E-state index contributed by atoms with van der Waals surface area (Å²) in [6.45, 7) is 3.71. The Labute approximate surface area is 175 Å². The molecule has 3 rings (SSSR count). The highest BCUT2D eigenvalue weighted by molar-refractivity contribution is 9.10. The van der Waals surface area contributed by atoms with E-state index in [1.165, 1.54) is 11.8 Å². The van der Waals surface area contributed by atoms with Crippen LogP contribution in [0.1, 0.15) is 12.6 Å². The molecule has 3 aromatic rings. The van der Waals surface area contributed by atoms with Crippen molar-refractivity contribution in [3.63, 3.8) is 0 Å². The summed E-state index contributed by atoms with van der Waals surface area (Å²) in [5.74, 6) is -1.94. The molecule has 0 aliphatic heterocycles. The smallest absolute Gasteiger partial charge is 0.271 e. The van der Waals surface area contributed by atoms with Crippen molar-refractivity contribution in [1.29, 1.82) is 0 Å². The molecule has 0 aliphatic rings. The molecule has 0 radical (unpaired) electrons. The summed E-state index contributed by atoms with van der Waals surface area (Å²) in [5, 5.41) is 0.832. The van der Waals surface area contributed by atoms with Gasteiger partial charge in [-0.2, -0.15) is 0 Å². The minimum absolute atomic E-state index is 0.0852. The number of thioether (sulfide) groups is 1. The summed E-state index contributed by atoms with van der Waals surface area (Å²) in [5.41, 5.74) is 0.924. The van der Waals surface area contributed by atoms with Crippen LogP contribution in [0.5, 0.6) is 0 Å². The number of hydrogen-bond acceptors (Lipinski definition) is 4. The Kier molecular flexibility index (Phi) is 5.91. The van der Waals surface area contributed by atoms with E-state index in [0.29, 0.717) is 17.3 Å². The van der Waals surface area contributed by atoms with Crippen LogP contribution in [0.2, 0.25) is 0 Å². The van der Waals surface area contributed by atoms with E-state index in [2.05, 4.69) is 15.9 Å². The van der Waals surface area contributed by atoms with Crippen molar-refractivity contribution >= 4 is 48.6 Å². The molecule has 150 valence electrons. The molecule has 0 N–H and O–H groups in total. The monoisotopic (exact) mass is 488 g/mol. The van der Waals surface area contributed by atoms with Gasteiger partial charge in [0.2, 0.25) is 0 Å². The number of hydrogen-bond donors (Lipinski definition) is 0. The molecular formula is C19H19BrF2N2O2S2. The third kappa shape index (κ3) is 3.72. The van der Waals surface area contributed by atoms with Crippen molar-refractivity contribution < 1.29 is 17.2 Å². The van der Waals surface area contributed by atoms with Crippen molar-refractivity contribution in [3.8, 4) is 0 Å². The molecule has 1 atom stereocenters. The van der Waals surface area contributed by atoms with Crippen LogP contribution < -0.4 is 0 Å². The molecule has 0 saturated carbocycles. The van der Waals surface area contributed by atoms with Crippen LogP contribution in [0.25, 0.3) is 10.9 Å². The van der Waals surface area contributed by atoms with Gasteiger partial charge in [0.25, 0.3) is 10.0 Å². The Hall–Kier alpha value is -1.42. The minimum atomic E-state index is -4.26. The van der Waals surface area contributed by atoms with Crippen LogP contribution in [0, 0.1) is 18.6 Å². The van der Waals surface area contributed by atoms with Gasteiger partial charge in [-0.05, 0) is 58.3 Å². The highest BCUT2D eigenvalue weighted by Crippen LogP contribution is 2.39. The fourth-order valence-electron chi connectivity index (χ4n) is 2.85. The zero-order valence-corrected chi connectivity index (χ0v) is 18.9. The van der Waals surface area contributed by atoms with Gasteiger partial charge in [-0.3, -0.25) is 4.90 Å². The molecule has 1 aromatic heterocycles. The summed E-state index contributed by atoms with van der Waals surface area (Å²) in [7, 11) is -0.385. The molecule has 0 bridgehead atoms. The van der Waals surface area contributed by atoms with Crippen molar-refractivity contribution in [2.75, 3.05) is 14.1 Å². The van der Waals surface area contributed by atoms with Crippen LogP contribution in [0.4, 0.5) is 8.78 Å². The van der Waals surface area contributed by atoms with E-state index in [0.717, 1.165) is 30.9 Å². The van der Waals surface area contributed by atoms with Gasteiger partial charge in [0.1, 0.15) is 16.5 Å². The molecule has 0 spiro atoms. The second-order valence-corrected chi connectivity index (χ2v) is 10.6. The molecule has 1 unspecified atom stereocenters. The maximum atomic E-state index is 14.3. The van der Waals surface area contributed by atoms with Gasteiger partial charge >= 0.3 is 0 Å². The minimum Gasteiger partial charge on any atom is -0.298 e. The van der Waals surface area contributed by atoms with Crippen molar-refractivity contribution in [2.24, 2.45) is 0 Å². The highest BCUT2D eigenvalue weighted by atomic mass is 79.9. The van der Waals surface area contributed by atoms with Crippen LogP contribution >= 0.6 is 27.7 Å². The van der Waals surface area contributed by atoms with Gasteiger partial charge in [-0.1, -0.05) is 15.9 Å². The largest absolute Gasteiger partial charge is 0.298 e. The SMILES string of the molecule is Cc1c(SC(C)N(C)C)c2cc(Br)ccc2n1S(=O)(=O)c1ccc(F)cc1F. The van der Waals surface area contributed by atoms with Gasteiger partial charge < -0.3 is 0 Å². The third-order valence-corrected chi connectivity index (χ3v) is 8.33. The Morgan fingerprint density at radius 3 is 2.43 bits per heavy atom. The first kappa shape index (κ1) is 21.3. The lowest BCUT2D eigenvalue weighted by atomic mass is 10.2. The molecule has 28 heavy (non-hydrogen) atoms. The molecule has 0 fully saturated rings. The fraction of sp³-hybridized carbons (Fsp3) is 0.263. The van der Waals surface area contributed by atoms with Crippen molar-refractivity contribution in [3.05, 3.63) is 58.2 Å². The second-order valence-electron chi connectivity index (χ2n) is 6.60. The van der Waals surface area contributed by atoms with Gasteiger partial charge in [0.15, 0.2) is 0 Å². The van der Waals surface area contributed by atoms with Crippen LogP contribution in [0.3, 0.4) is 0 Å². The van der Waals surface area contributed by atoms with Gasteiger partial charge in [0, 0.05) is 26.5 Å². The number of aromatic nitrogens is 1. The normalized spacial score (nSPS) is 13.4. The summed E-state index contributed by atoms with van der Waals surface area (Å²) in [6.07, 6.45) is 0. The predicted octanol–water partition coefficient (Wildman–Crippen LogP) is 5.23. The highest BCUT2D eigenvalue weighted by Gasteiger charge is 2.28. The number of halogens is 3. The van der Waals surface area contributed by atoms with Gasteiger partial charge in [-0.15, -0.1) is 11.8 Å². The van der Waals surface area contributed by atoms with E-state index in [9.17, 15) is 17.2 Å². The quantitative estimate of drug-likeness (QED) is 0.364. The molecule has 0 saturated heterocycles. The lowest BCUT2D eigenvalue weighted by Gasteiger charge is -2.19. The molecule has 0 aliphatic carbocycles. The average Bonchev–Trinajstić information content (AvgIpc) is 2.86. The topological polar surface area (TPSA) is 42.3 Å².